The minimum Gasteiger partial charge on any atom is -0.382 e. The highest BCUT2D eigenvalue weighted by atomic mass is 15.3. The summed E-state index contributed by atoms with van der Waals surface area (Å²) in [5.74, 6) is 1.83. The summed E-state index contributed by atoms with van der Waals surface area (Å²) < 4.78 is 1.80. The van der Waals surface area contributed by atoms with Crippen LogP contribution in [0.3, 0.4) is 0 Å². The Balaban J connectivity index is 2.02. The van der Waals surface area contributed by atoms with Gasteiger partial charge < -0.3 is 21.7 Å². The third-order valence-corrected chi connectivity index (χ3v) is 4.27. The smallest absolute Gasteiger partial charge is 0.173 e. The molecule has 0 bridgehead atoms. The summed E-state index contributed by atoms with van der Waals surface area (Å²) >= 11 is 0. The Labute approximate surface area is 156 Å². The van der Waals surface area contributed by atoms with Crippen molar-refractivity contribution in [2.75, 3.05) is 36.1 Å². The Kier molecular flexibility index (Phi) is 5.05. The van der Waals surface area contributed by atoms with E-state index in [0.717, 1.165) is 16.9 Å². The lowest BCUT2D eigenvalue weighted by molar-refractivity contribution is 0.717. The number of hydrogen-bond acceptors (Lipinski definition) is 9. The van der Waals surface area contributed by atoms with Crippen molar-refractivity contribution in [2.24, 2.45) is 5.73 Å². The number of nitrogens with one attached hydrogen (secondary N) is 1. The Morgan fingerprint density at radius 2 is 2.19 bits per heavy atom. The number of likely N-dealkylation sites (N-methyl/N-ethyl adjacent to an activating group) is 1. The van der Waals surface area contributed by atoms with Crippen LogP contribution in [0.2, 0.25) is 0 Å². The molecule has 5 N–H and O–H groups in total. The highest BCUT2D eigenvalue weighted by Crippen LogP contribution is 2.25. The van der Waals surface area contributed by atoms with E-state index < -0.39 is 0 Å². The first-order valence-corrected chi connectivity index (χ1v) is 8.50. The van der Waals surface area contributed by atoms with E-state index in [9.17, 15) is 5.26 Å². The second-order valence-corrected chi connectivity index (χ2v) is 6.26. The van der Waals surface area contributed by atoms with Crippen LogP contribution in [-0.4, -0.2) is 44.7 Å². The van der Waals surface area contributed by atoms with Gasteiger partial charge in [-0.1, -0.05) is 0 Å². The first-order valence-electron chi connectivity index (χ1n) is 8.50. The quantitative estimate of drug-likeness (QED) is 0.577. The number of hydrogen-bond donors (Lipinski definition) is 3. The minimum absolute atomic E-state index is 0.128. The Morgan fingerprint density at radius 3 is 2.89 bits per heavy atom. The molecule has 0 saturated heterocycles. The number of rotatable bonds is 6. The molecule has 0 spiro atoms. The van der Waals surface area contributed by atoms with Crippen molar-refractivity contribution in [2.45, 2.75) is 19.9 Å². The second kappa shape index (κ2) is 7.43. The fraction of sp³-hybridized carbons (Fsp3) is 0.353. The van der Waals surface area contributed by atoms with E-state index in [0.29, 0.717) is 24.7 Å². The van der Waals surface area contributed by atoms with Crippen LogP contribution in [0.15, 0.2) is 18.6 Å². The van der Waals surface area contributed by atoms with E-state index in [1.165, 1.54) is 6.33 Å². The Morgan fingerprint density at radius 1 is 1.41 bits per heavy atom. The van der Waals surface area contributed by atoms with Crippen molar-refractivity contribution >= 4 is 23.0 Å². The van der Waals surface area contributed by atoms with Crippen LogP contribution in [0, 0.1) is 18.3 Å². The van der Waals surface area contributed by atoms with Crippen LogP contribution in [0.5, 0.6) is 0 Å². The van der Waals surface area contributed by atoms with Crippen LogP contribution in [-0.2, 0) is 0 Å². The van der Waals surface area contributed by atoms with Crippen LogP contribution in [0.25, 0.3) is 5.52 Å². The number of nitriles is 1. The molecular formula is C17H22N10. The first kappa shape index (κ1) is 18.3. The van der Waals surface area contributed by atoms with Gasteiger partial charge in [0, 0.05) is 26.3 Å². The molecule has 0 fully saturated rings. The lowest BCUT2D eigenvalue weighted by atomic mass is 10.2. The summed E-state index contributed by atoms with van der Waals surface area (Å²) in [4.78, 5) is 14.7. The molecule has 0 amide bonds. The van der Waals surface area contributed by atoms with Crippen molar-refractivity contribution in [3.05, 3.63) is 35.5 Å². The van der Waals surface area contributed by atoms with Crippen molar-refractivity contribution < 1.29 is 0 Å². The average molecular weight is 366 g/mol. The third kappa shape index (κ3) is 3.45. The van der Waals surface area contributed by atoms with Gasteiger partial charge in [0.15, 0.2) is 11.6 Å². The van der Waals surface area contributed by atoms with Gasteiger partial charge in [0.05, 0.1) is 6.04 Å². The fourth-order valence-electron chi connectivity index (χ4n) is 2.81. The highest BCUT2D eigenvalue weighted by molar-refractivity contribution is 5.73. The Bertz CT molecular complexity index is 1000. The summed E-state index contributed by atoms with van der Waals surface area (Å²) in [6.07, 6.45) is 3.21. The maximum atomic E-state index is 9.30. The monoisotopic (exact) mass is 366 g/mol. The molecule has 27 heavy (non-hydrogen) atoms. The van der Waals surface area contributed by atoms with Crippen LogP contribution in [0.1, 0.15) is 29.9 Å². The summed E-state index contributed by atoms with van der Waals surface area (Å²) in [6.45, 7) is 5.09. The summed E-state index contributed by atoms with van der Waals surface area (Å²) in [6, 6.07) is 3.69. The van der Waals surface area contributed by atoms with E-state index >= 15 is 0 Å². The molecule has 140 valence electrons. The lowest BCUT2D eigenvalue weighted by Crippen LogP contribution is -2.27. The molecule has 0 aliphatic rings. The standard InChI is InChI=1S/C17H22N10/c1-10-4-6-27-13(10)17(26(3)7-5-18)24-15(25-27)11(2)23-16-12(8-19)14(20)21-9-22-16/h4,6,9,11H,5,7,18H2,1-3H3,(H3,20,21,22,23)/t11-/m0/s1. The molecule has 3 heterocycles. The van der Waals surface area contributed by atoms with E-state index in [4.69, 9.17) is 16.5 Å². The number of aryl methyl sites for hydroxylation is 1. The first-order chi connectivity index (χ1) is 13.0. The zero-order chi connectivity index (χ0) is 19.6. The molecule has 0 aliphatic carbocycles. The topological polar surface area (TPSA) is 147 Å². The maximum absolute atomic E-state index is 9.30. The predicted octanol–water partition coefficient (Wildman–Crippen LogP) is 0.850. The van der Waals surface area contributed by atoms with Gasteiger partial charge in [0.25, 0.3) is 0 Å². The Hall–Kier alpha value is -3.45. The van der Waals surface area contributed by atoms with Gasteiger partial charge in [0.2, 0.25) is 0 Å². The molecule has 0 aliphatic heterocycles. The molecule has 3 aromatic heterocycles. The van der Waals surface area contributed by atoms with Gasteiger partial charge in [-0.2, -0.15) is 10.4 Å². The van der Waals surface area contributed by atoms with E-state index in [1.807, 2.05) is 44.1 Å². The summed E-state index contributed by atoms with van der Waals surface area (Å²) in [5, 5.41) is 17.1. The number of fused-ring (bicyclic) bond motifs is 1. The number of aromatic nitrogens is 5. The van der Waals surface area contributed by atoms with Gasteiger partial charge in [-0.05, 0) is 25.5 Å². The molecule has 0 radical (unpaired) electrons. The van der Waals surface area contributed by atoms with E-state index in [-0.39, 0.29) is 17.4 Å². The van der Waals surface area contributed by atoms with Gasteiger partial charge in [-0.3, -0.25) is 0 Å². The second-order valence-electron chi connectivity index (χ2n) is 6.26. The highest BCUT2D eigenvalue weighted by Gasteiger charge is 2.19. The SMILES string of the molecule is Cc1ccn2nc([C@H](C)Nc3ncnc(N)c3C#N)nc(N(C)CCN)c12. The van der Waals surface area contributed by atoms with Gasteiger partial charge in [0.1, 0.15) is 35.1 Å². The van der Waals surface area contributed by atoms with Crippen LogP contribution >= 0.6 is 0 Å². The van der Waals surface area contributed by atoms with Gasteiger partial charge in [-0.15, -0.1) is 0 Å². The number of nitrogens with zero attached hydrogens (tertiary/aromatic N) is 7. The minimum atomic E-state index is -0.316. The molecule has 3 rings (SSSR count). The fourth-order valence-corrected chi connectivity index (χ4v) is 2.81. The van der Waals surface area contributed by atoms with Crippen LogP contribution in [0.4, 0.5) is 17.5 Å². The van der Waals surface area contributed by atoms with Crippen LogP contribution < -0.4 is 21.7 Å². The lowest BCUT2D eigenvalue weighted by Gasteiger charge is -2.21. The summed E-state index contributed by atoms with van der Waals surface area (Å²) in [5.41, 5.74) is 13.7. The molecule has 0 aromatic carbocycles. The molecule has 1 atom stereocenters. The normalized spacial score (nSPS) is 12.0. The van der Waals surface area contributed by atoms with Crippen molar-refractivity contribution in [3.63, 3.8) is 0 Å². The molecule has 3 aromatic rings. The average Bonchev–Trinajstić information content (AvgIpc) is 3.02. The molecule has 10 heteroatoms. The van der Waals surface area contributed by atoms with Crippen molar-refractivity contribution in [1.29, 1.82) is 5.26 Å². The zero-order valence-electron chi connectivity index (χ0n) is 15.5. The number of nitrogens with two attached hydrogens (primary N) is 2. The molecule has 0 unspecified atom stereocenters. The molecular weight excluding hydrogens is 344 g/mol. The largest absolute Gasteiger partial charge is 0.382 e. The number of anilines is 3. The van der Waals surface area contributed by atoms with Crippen molar-refractivity contribution in [3.8, 4) is 6.07 Å². The van der Waals surface area contributed by atoms with Gasteiger partial charge in [-0.25, -0.2) is 19.5 Å². The predicted molar refractivity (Wildman–Crippen MR) is 103 cm³/mol. The molecule has 0 saturated carbocycles. The molecule has 10 nitrogen and oxygen atoms in total. The van der Waals surface area contributed by atoms with E-state index in [2.05, 4.69) is 20.4 Å². The van der Waals surface area contributed by atoms with Crippen molar-refractivity contribution in [1.82, 2.24) is 24.6 Å². The number of nitrogen functional groups attached to an aromatic ring is 1. The summed E-state index contributed by atoms with van der Waals surface area (Å²) in [7, 11) is 1.95. The van der Waals surface area contributed by atoms with E-state index in [1.54, 1.807) is 4.52 Å². The maximum Gasteiger partial charge on any atom is 0.173 e. The van der Waals surface area contributed by atoms with Gasteiger partial charge >= 0.3 is 0 Å². The third-order valence-electron chi connectivity index (χ3n) is 4.27. The zero-order valence-corrected chi connectivity index (χ0v) is 15.5.